The van der Waals surface area contributed by atoms with Crippen LogP contribution in [-0.4, -0.2) is 37.8 Å². The highest BCUT2D eigenvalue weighted by atomic mass is 32.1. The third-order valence-electron chi connectivity index (χ3n) is 5.68. The number of hydrogen-bond donors (Lipinski definition) is 1. The summed E-state index contributed by atoms with van der Waals surface area (Å²) in [5.41, 5.74) is 1.16. The van der Waals surface area contributed by atoms with Gasteiger partial charge in [-0.3, -0.25) is 9.48 Å². The number of nitrogens with zero attached hydrogens (tertiary/aromatic N) is 3. The van der Waals surface area contributed by atoms with Crippen molar-refractivity contribution in [1.82, 2.24) is 14.7 Å². The van der Waals surface area contributed by atoms with Gasteiger partial charge < -0.3 is 10.0 Å². The number of thiophene rings is 1. The Morgan fingerprint density at radius 3 is 2.50 bits per heavy atom. The Morgan fingerprint density at radius 2 is 2.00 bits per heavy atom. The molecule has 2 saturated heterocycles. The molecule has 128 valence electrons. The molecule has 2 aromatic rings. The monoisotopic (exact) mass is 345 g/mol. The van der Waals surface area contributed by atoms with Gasteiger partial charge in [-0.1, -0.05) is 0 Å². The van der Waals surface area contributed by atoms with Gasteiger partial charge >= 0.3 is 0 Å². The number of aromatic nitrogens is 2. The van der Waals surface area contributed by atoms with E-state index in [4.69, 9.17) is 0 Å². The Bertz CT molecular complexity index is 761. The van der Waals surface area contributed by atoms with E-state index in [1.54, 1.807) is 22.2 Å². The van der Waals surface area contributed by atoms with Crippen LogP contribution in [0.1, 0.15) is 51.5 Å². The van der Waals surface area contributed by atoms with Crippen molar-refractivity contribution in [3.05, 3.63) is 39.3 Å². The van der Waals surface area contributed by atoms with Gasteiger partial charge in [0, 0.05) is 43.0 Å². The zero-order valence-corrected chi connectivity index (χ0v) is 15.1. The summed E-state index contributed by atoms with van der Waals surface area (Å²) in [5.74, 6) is 0.135. The topological polar surface area (TPSA) is 58.4 Å². The van der Waals surface area contributed by atoms with Gasteiger partial charge in [-0.05, 0) is 44.4 Å². The summed E-state index contributed by atoms with van der Waals surface area (Å²) in [4.78, 5) is 17.1. The van der Waals surface area contributed by atoms with Crippen molar-refractivity contribution in [3.8, 4) is 0 Å². The Kier molecular flexibility index (Phi) is 3.58. The SMILES string of the molecule is Cc1cc(C(=O)N2[C@H]3CC[C@H]2CC(O)(c2ccnn2C)C3)sc1C. The summed E-state index contributed by atoms with van der Waals surface area (Å²) < 4.78 is 1.75. The largest absolute Gasteiger partial charge is 0.383 e. The molecular formula is C18H23N3O2S. The molecule has 2 aromatic heterocycles. The predicted molar refractivity (Wildman–Crippen MR) is 93.1 cm³/mol. The number of aryl methyl sites for hydroxylation is 3. The quantitative estimate of drug-likeness (QED) is 0.910. The van der Waals surface area contributed by atoms with Crippen molar-refractivity contribution in [2.45, 2.75) is 57.2 Å². The molecule has 0 spiro atoms. The summed E-state index contributed by atoms with van der Waals surface area (Å²) in [5, 5.41) is 15.4. The molecule has 24 heavy (non-hydrogen) atoms. The van der Waals surface area contributed by atoms with Crippen LogP contribution in [0.4, 0.5) is 0 Å². The molecule has 2 aliphatic heterocycles. The number of piperidine rings is 1. The van der Waals surface area contributed by atoms with E-state index in [0.717, 1.165) is 23.4 Å². The Morgan fingerprint density at radius 1 is 1.33 bits per heavy atom. The fourth-order valence-electron chi connectivity index (χ4n) is 4.40. The van der Waals surface area contributed by atoms with E-state index >= 15 is 0 Å². The molecule has 1 amide bonds. The molecule has 6 heteroatoms. The molecule has 4 heterocycles. The van der Waals surface area contributed by atoms with E-state index in [1.165, 1.54) is 10.4 Å². The summed E-state index contributed by atoms with van der Waals surface area (Å²) in [7, 11) is 1.87. The lowest BCUT2D eigenvalue weighted by molar-refractivity contribution is -0.0529. The highest BCUT2D eigenvalue weighted by Gasteiger charge is 2.51. The molecule has 0 saturated carbocycles. The predicted octanol–water partition coefficient (Wildman–Crippen LogP) is 2.75. The summed E-state index contributed by atoms with van der Waals surface area (Å²) in [6.45, 7) is 4.11. The van der Waals surface area contributed by atoms with Crippen molar-refractivity contribution in [2.75, 3.05) is 0 Å². The fourth-order valence-corrected chi connectivity index (χ4v) is 5.38. The first-order chi connectivity index (χ1) is 11.4. The average Bonchev–Trinajstić information content (AvgIpc) is 3.18. The fraction of sp³-hybridized carbons (Fsp3) is 0.556. The first kappa shape index (κ1) is 15.8. The van der Waals surface area contributed by atoms with E-state index in [2.05, 4.69) is 18.9 Å². The molecule has 2 atom stereocenters. The van der Waals surface area contributed by atoms with Gasteiger partial charge in [-0.25, -0.2) is 0 Å². The molecule has 2 fully saturated rings. The van der Waals surface area contributed by atoms with Gasteiger partial charge in [-0.2, -0.15) is 5.10 Å². The van der Waals surface area contributed by atoms with Crippen molar-refractivity contribution in [1.29, 1.82) is 0 Å². The van der Waals surface area contributed by atoms with E-state index in [9.17, 15) is 9.90 Å². The highest BCUT2D eigenvalue weighted by Crippen LogP contribution is 2.46. The maximum atomic E-state index is 13.0. The van der Waals surface area contributed by atoms with Crippen molar-refractivity contribution < 1.29 is 9.90 Å². The van der Waals surface area contributed by atoms with Gasteiger partial charge in [-0.15, -0.1) is 11.3 Å². The third kappa shape index (κ3) is 2.31. The molecule has 2 bridgehead atoms. The van der Waals surface area contributed by atoms with Crippen LogP contribution in [0.2, 0.25) is 0 Å². The summed E-state index contributed by atoms with van der Waals surface area (Å²) in [6.07, 6.45) is 4.86. The molecule has 0 aromatic carbocycles. The standard InChI is InChI=1S/C18H23N3O2S/c1-11-8-15(24-12(11)2)17(22)21-13-4-5-14(21)10-18(23,9-13)16-6-7-19-20(16)3/h6-8,13-14,23H,4-5,9-10H2,1-3H3/t13-,14-/m0/s1. The number of rotatable bonds is 2. The molecule has 5 nitrogen and oxygen atoms in total. The Labute approximate surface area is 145 Å². The summed E-state index contributed by atoms with van der Waals surface area (Å²) in [6, 6.07) is 4.12. The molecular weight excluding hydrogens is 322 g/mol. The van der Waals surface area contributed by atoms with Crippen LogP contribution in [0.3, 0.4) is 0 Å². The average molecular weight is 345 g/mol. The van der Waals surface area contributed by atoms with Gasteiger partial charge in [0.1, 0.15) is 5.60 Å². The second-order valence-electron chi connectivity index (χ2n) is 7.23. The minimum Gasteiger partial charge on any atom is -0.383 e. The number of aliphatic hydroxyl groups is 1. The van der Waals surface area contributed by atoms with E-state index in [1.807, 2.05) is 24.1 Å². The number of carbonyl (C=O) groups is 1. The molecule has 0 aliphatic carbocycles. The van der Waals surface area contributed by atoms with Crippen molar-refractivity contribution in [3.63, 3.8) is 0 Å². The minimum absolute atomic E-state index is 0.110. The van der Waals surface area contributed by atoms with Gasteiger partial charge in [0.15, 0.2) is 0 Å². The van der Waals surface area contributed by atoms with Crippen LogP contribution < -0.4 is 0 Å². The first-order valence-corrected chi connectivity index (χ1v) is 9.31. The Hall–Kier alpha value is -1.66. The van der Waals surface area contributed by atoms with Crippen LogP contribution in [0.15, 0.2) is 18.3 Å². The second kappa shape index (κ2) is 5.43. The maximum absolute atomic E-state index is 13.0. The Balaban J connectivity index is 1.61. The highest BCUT2D eigenvalue weighted by molar-refractivity contribution is 7.14. The van der Waals surface area contributed by atoms with Crippen LogP contribution in [0, 0.1) is 13.8 Å². The van der Waals surface area contributed by atoms with E-state index in [0.29, 0.717) is 12.8 Å². The van der Waals surface area contributed by atoms with Crippen molar-refractivity contribution in [2.24, 2.45) is 7.05 Å². The number of amides is 1. The van der Waals surface area contributed by atoms with Gasteiger partial charge in [0.2, 0.25) is 0 Å². The molecule has 0 radical (unpaired) electrons. The third-order valence-corrected chi connectivity index (χ3v) is 6.82. The zero-order valence-electron chi connectivity index (χ0n) is 14.3. The lowest BCUT2D eigenvalue weighted by Gasteiger charge is -2.43. The maximum Gasteiger partial charge on any atom is 0.264 e. The minimum atomic E-state index is -0.880. The van der Waals surface area contributed by atoms with Crippen LogP contribution in [0.5, 0.6) is 0 Å². The van der Waals surface area contributed by atoms with Crippen molar-refractivity contribution >= 4 is 17.2 Å². The second-order valence-corrected chi connectivity index (χ2v) is 8.48. The summed E-state index contributed by atoms with van der Waals surface area (Å²) >= 11 is 1.58. The van der Waals surface area contributed by atoms with Gasteiger partial charge in [0.05, 0.1) is 10.6 Å². The molecule has 0 unspecified atom stereocenters. The van der Waals surface area contributed by atoms with Crippen LogP contribution in [0.25, 0.3) is 0 Å². The van der Waals surface area contributed by atoms with Crippen LogP contribution >= 0.6 is 11.3 Å². The molecule has 2 aliphatic rings. The van der Waals surface area contributed by atoms with Gasteiger partial charge in [0.25, 0.3) is 5.91 Å². The zero-order chi connectivity index (χ0) is 17.1. The molecule has 4 rings (SSSR count). The lowest BCUT2D eigenvalue weighted by Crippen LogP contribution is -2.52. The number of carbonyl (C=O) groups excluding carboxylic acids is 1. The number of fused-ring (bicyclic) bond motifs is 2. The van der Waals surface area contributed by atoms with E-state index < -0.39 is 5.60 Å². The lowest BCUT2D eigenvalue weighted by atomic mass is 9.83. The normalized spacial score (nSPS) is 29.2. The number of hydrogen-bond acceptors (Lipinski definition) is 4. The first-order valence-electron chi connectivity index (χ1n) is 8.49. The molecule has 1 N–H and O–H groups in total. The van der Waals surface area contributed by atoms with Crippen LogP contribution in [-0.2, 0) is 12.6 Å². The smallest absolute Gasteiger partial charge is 0.264 e. The van der Waals surface area contributed by atoms with E-state index in [-0.39, 0.29) is 18.0 Å².